The molecule has 34 heavy (non-hydrogen) atoms. The highest BCUT2D eigenvalue weighted by Gasteiger charge is 2.20. The lowest BCUT2D eigenvalue weighted by Gasteiger charge is -2.19. The van der Waals surface area contributed by atoms with Crippen LogP contribution >= 0.6 is 0 Å². The largest absolute Gasteiger partial charge is 0.486 e. The van der Waals surface area contributed by atoms with E-state index in [1.54, 1.807) is 6.07 Å². The molecule has 0 bridgehead atoms. The molecule has 1 heterocycles. The van der Waals surface area contributed by atoms with Crippen LogP contribution in [0.5, 0.6) is 11.5 Å². The van der Waals surface area contributed by atoms with Gasteiger partial charge in [0, 0.05) is 17.8 Å². The zero-order valence-electron chi connectivity index (χ0n) is 18.7. The number of sulfonamides is 1. The second-order valence-electron chi connectivity index (χ2n) is 8.32. The molecule has 0 unspecified atom stereocenters. The van der Waals surface area contributed by atoms with E-state index in [2.05, 4.69) is 10.0 Å². The molecule has 1 aliphatic heterocycles. The highest BCUT2D eigenvalue weighted by molar-refractivity contribution is 7.92. The van der Waals surface area contributed by atoms with Crippen molar-refractivity contribution in [2.24, 2.45) is 0 Å². The van der Waals surface area contributed by atoms with Gasteiger partial charge in [-0.15, -0.1) is 0 Å². The van der Waals surface area contributed by atoms with E-state index in [0.717, 1.165) is 25.7 Å². The summed E-state index contributed by atoms with van der Waals surface area (Å²) in [5.41, 5.74) is 0.488. The molecule has 0 saturated heterocycles. The van der Waals surface area contributed by atoms with Gasteiger partial charge in [0.15, 0.2) is 18.1 Å². The molecular formula is C24H28N2O7S. The molecule has 1 fully saturated rings. The lowest BCUT2D eigenvalue weighted by atomic mass is 10.1. The van der Waals surface area contributed by atoms with Crippen LogP contribution in [0.4, 0.5) is 5.69 Å². The van der Waals surface area contributed by atoms with Crippen molar-refractivity contribution in [1.29, 1.82) is 0 Å². The van der Waals surface area contributed by atoms with Gasteiger partial charge in [-0.05, 0) is 49.2 Å². The summed E-state index contributed by atoms with van der Waals surface area (Å²) in [5, 5.41) is 2.93. The second kappa shape index (κ2) is 10.8. The molecule has 1 aliphatic carbocycles. The first kappa shape index (κ1) is 23.9. The summed E-state index contributed by atoms with van der Waals surface area (Å²) in [4.78, 5) is 24.4. The normalized spacial score (nSPS) is 16.2. The van der Waals surface area contributed by atoms with Crippen molar-refractivity contribution in [2.75, 3.05) is 24.5 Å². The Kier molecular flexibility index (Phi) is 7.56. The highest BCUT2D eigenvalue weighted by atomic mass is 32.2. The van der Waals surface area contributed by atoms with E-state index in [9.17, 15) is 18.0 Å². The average molecular weight is 489 g/mol. The number of nitrogens with one attached hydrogen (secondary N) is 2. The number of hydrogen-bond donors (Lipinski definition) is 2. The minimum Gasteiger partial charge on any atom is -0.486 e. The van der Waals surface area contributed by atoms with Crippen molar-refractivity contribution in [2.45, 2.75) is 49.5 Å². The molecule has 0 spiro atoms. The molecule has 2 aromatic rings. The molecule has 1 amide bonds. The Hall–Kier alpha value is -3.27. The number of amides is 1. The van der Waals surface area contributed by atoms with Crippen LogP contribution in [-0.4, -0.2) is 46.2 Å². The number of rotatable bonds is 7. The first-order valence-electron chi connectivity index (χ1n) is 11.4. The van der Waals surface area contributed by atoms with E-state index in [0.29, 0.717) is 24.7 Å². The van der Waals surface area contributed by atoms with Gasteiger partial charge in [-0.2, -0.15) is 0 Å². The third-order valence-corrected chi connectivity index (χ3v) is 7.13. The number of carbonyl (C=O) groups excluding carboxylic acids is 2. The summed E-state index contributed by atoms with van der Waals surface area (Å²) in [6, 6.07) is 10.3. The minimum atomic E-state index is -3.87. The molecule has 4 rings (SSSR count). The van der Waals surface area contributed by atoms with E-state index < -0.39 is 16.0 Å². The first-order chi connectivity index (χ1) is 16.4. The SMILES string of the molecule is O=C(COC(=O)c1ccc(NS(=O)(=O)c2ccc3c(c2)OCCO3)cc1)NC1CCCCCC1. The Bertz CT molecular complexity index is 1120. The molecule has 0 radical (unpaired) electrons. The Morgan fingerprint density at radius 3 is 2.29 bits per heavy atom. The Balaban J connectivity index is 1.30. The smallest absolute Gasteiger partial charge is 0.338 e. The fourth-order valence-corrected chi connectivity index (χ4v) is 5.06. The van der Waals surface area contributed by atoms with E-state index in [1.807, 2.05) is 0 Å². The van der Waals surface area contributed by atoms with Gasteiger partial charge in [0.1, 0.15) is 13.2 Å². The van der Waals surface area contributed by atoms with Crippen LogP contribution < -0.4 is 19.5 Å². The highest BCUT2D eigenvalue weighted by Crippen LogP contribution is 2.32. The number of benzene rings is 2. The summed E-state index contributed by atoms with van der Waals surface area (Å²) in [6.07, 6.45) is 6.45. The molecule has 2 aliphatic rings. The molecule has 9 nitrogen and oxygen atoms in total. The van der Waals surface area contributed by atoms with Crippen molar-refractivity contribution >= 4 is 27.6 Å². The summed E-state index contributed by atoms with van der Waals surface area (Å²) in [6.45, 7) is 0.412. The van der Waals surface area contributed by atoms with Gasteiger partial charge >= 0.3 is 5.97 Å². The molecule has 10 heteroatoms. The molecule has 2 aromatic carbocycles. The van der Waals surface area contributed by atoms with E-state index in [1.165, 1.54) is 49.2 Å². The van der Waals surface area contributed by atoms with Crippen molar-refractivity contribution in [3.63, 3.8) is 0 Å². The number of fused-ring (bicyclic) bond motifs is 1. The lowest BCUT2D eigenvalue weighted by Crippen LogP contribution is -2.37. The minimum absolute atomic E-state index is 0.0277. The Labute approximate surface area is 198 Å². The Morgan fingerprint density at radius 1 is 0.912 bits per heavy atom. The van der Waals surface area contributed by atoms with Crippen LogP contribution in [0, 0.1) is 0 Å². The number of hydrogen-bond acceptors (Lipinski definition) is 7. The Morgan fingerprint density at radius 2 is 1.59 bits per heavy atom. The predicted molar refractivity (Wildman–Crippen MR) is 125 cm³/mol. The van der Waals surface area contributed by atoms with Crippen molar-refractivity contribution in [3.8, 4) is 11.5 Å². The number of ether oxygens (including phenoxy) is 3. The molecule has 1 saturated carbocycles. The monoisotopic (exact) mass is 488 g/mol. The van der Waals surface area contributed by atoms with Gasteiger partial charge in [0.05, 0.1) is 10.5 Å². The third kappa shape index (κ3) is 6.19. The summed E-state index contributed by atoms with van der Waals surface area (Å²) < 4.78 is 43.9. The first-order valence-corrected chi connectivity index (χ1v) is 12.9. The molecule has 0 atom stereocenters. The van der Waals surface area contributed by atoms with Gasteiger partial charge in [0.2, 0.25) is 0 Å². The summed E-state index contributed by atoms with van der Waals surface area (Å²) in [5.74, 6) is -0.104. The quantitative estimate of drug-likeness (QED) is 0.453. The lowest BCUT2D eigenvalue weighted by molar-refractivity contribution is -0.125. The van der Waals surface area contributed by atoms with E-state index in [-0.39, 0.29) is 34.7 Å². The average Bonchev–Trinajstić information content (AvgIpc) is 3.11. The maximum Gasteiger partial charge on any atom is 0.338 e. The molecule has 2 N–H and O–H groups in total. The van der Waals surface area contributed by atoms with Crippen molar-refractivity contribution < 1.29 is 32.2 Å². The summed E-state index contributed by atoms with van der Waals surface area (Å²) >= 11 is 0. The topological polar surface area (TPSA) is 120 Å². The standard InChI is InChI=1S/C24H28N2O7S/c27-23(25-18-5-3-1-2-4-6-18)16-33-24(28)17-7-9-19(10-8-17)26-34(29,30)20-11-12-21-22(15-20)32-14-13-31-21/h7-12,15,18,26H,1-6,13-14,16H2,(H,25,27). The van der Waals surface area contributed by atoms with Crippen LogP contribution in [0.3, 0.4) is 0 Å². The third-order valence-electron chi connectivity index (χ3n) is 5.75. The van der Waals surface area contributed by atoms with E-state index in [4.69, 9.17) is 14.2 Å². The zero-order chi connectivity index (χ0) is 24.0. The predicted octanol–water partition coefficient (Wildman–Crippen LogP) is 3.25. The molecule has 0 aromatic heterocycles. The number of carbonyl (C=O) groups is 2. The van der Waals surface area contributed by atoms with Crippen molar-refractivity contribution in [1.82, 2.24) is 5.32 Å². The van der Waals surface area contributed by atoms with Crippen molar-refractivity contribution in [3.05, 3.63) is 48.0 Å². The van der Waals surface area contributed by atoms with Crippen LogP contribution in [0.1, 0.15) is 48.9 Å². The van der Waals surface area contributed by atoms with Gasteiger partial charge in [-0.3, -0.25) is 9.52 Å². The fourth-order valence-electron chi connectivity index (χ4n) is 3.99. The van der Waals surface area contributed by atoms with Gasteiger partial charge < -0.3 is 19.5 Å². The molecular weight excluding hydrogens is 460 g/mol. The number of esters is 1. The van der Waals surface area contributed by atoms with Gasteiger partial charge in [-0.1, -0.05) is 25.7 Å². The van der Waals surface area contributed by atoms with Crippen LogP contribution in [0.2, 0.25) is 0 Å². The van der Waals surface area contributed by atoms with E-state index >= 15 is 0 Å². The van der Waals surface area contributed by atoms with Gasteiger partial charge in [0.25, 0.3) is 15.9 Å². The fraction of sp³-hybridized carbons (Fsp3) is 0.417. The van der Waals surface area contributed by atoms with Crippen LogP contribution in [0.25, 0.3) is 0 Å². The summed E-state index contributed by atoms with van der Waals surface area (Å²) in [7, 11) is -3.87. The van der Waals surface area contributed by atoms with Crippen LogP contribution in [0.15, 0.2) is 47.4 Å². The van der Waals surface area contributed by atoms with Crippen LogP contribution in [-0.2, 0) is 19.6 Å². The van der Waals surface area contributed by atoms with Gasteiger partial charge in [-0.25, -0.2) is 13.2 Å². The second-order valence-corrected chi connectivity index (χ2v) is 10.0. The number of anilines is 1. The maximum absolute atomic E-state index is 12.7. The zero-order valence-corrected chi connectivity index (χ0v) is 19.6. The molecule has 182 valence electrons. The maximum atomic E-state index is 12.7.